The monoisotopic (exact) mass is 339 g/mol. The van der Waals surface area contributed by atoms with Gasteiger partial charge in [-0.3, -0.25) is 18.9 Å². The van der Waals surface area contributed by atoms with E-state index in [0.717, 1.165) is 19.2 Å². The minimum absolute atomic E-state index is 0.701. The van der Waals surface area contributed by atoms with Crippen molar-refractivity contribution in [2.75, 3.05) is 6.61 Å². The molecule has 0 aromatic carbocycles. The molecule has 22 heavy (non-hydrogen) atoms. The Labute approximate surface area is 122 Å². The largest absolute Gasteiger partial charge is 0.756 e. The number of halogens is 1. The first-order valence-corrected chi connectivity index (χ1v) is 7.54. The number of hydrogen-bond donors (Lipinski definition) is 3. The maximum absolute atomic E-state index is 14.6. The molecule has 12 heteroatoms. The summed E-state index contributed by atoms with van der Waals surface area (Å²) in [5, 5.41) is 9.85. The van der Waals surface area contributed by atoms with E-state index < -0.39 is 49.8 Å². The number of phosphoric acid groups is 1. The molecule has 5 atom stereocenters. The number of aromatic amines is 1. The van der Waals surface area contributed by atoms with Gasteiger partial charge in [-0.05, 0) is 6.92 Å². The Morgan fingerprint density at radius 2 is 2.27 bits per heavy atom. The van der Waals surface area contributed by atoms with Crippen LogP contribution in [0.5, 0.6) is 0 Å². The van der Waals surface area contributed by atoms with Crippen molar-refractivity contribution in [2.45, 2.75) is 31.0 Å². The molecular weight excluding hydrogens is 326 g/mol. The van der Waals surface area contributed by atoms with Gasteiger partial charge in [-0.25, -0.2) is 9.18 Å². The highest BCUT2D eigenvalue weighted by Gasteiger charge is 2.55. The number of H-pyrrole nitrogens is 1. The van der Waals surface area contributed by atoms with E-state index in [2.05, 4.69) is 4.52 Å². The summed E-state index contributed by atoms with van der Waals surface area (Å²) in [6.45, 7) is 0.0994. The van der Waals surface area contributed by atoms with Crippen LogP contribution in [0.3, 0.4) is 0 Å². The predicted octanol–water partition coefficient (Wildman–Crippen LogP) is -2.00. The lowest BCUT2D eigenvalue weighted by Gasteiger charge is -2.24. The molecule has 10 nitrogen and oxygen atoms in total. The summed E-state index contributed by atoms with van der Waals surface area (Å²) in [5.74, 6) is 0. The second-order valence-corrected chi connectivity index (χ2v) is 6.10. The molecular formula is C10H13FN2O8P-. The van der Waals surface area contributed by atoms with Crippen LogP contribution in [0, 0.1) is 0 Å². The molecule has 1 unspecified atom stereocenters. The first-order valence-electron chi connectivity index (χ1n) is 6.04. The third-order valence-corrected chi connectivity index (χ3v) is 3.70. The van der Waals surface area contributed by atoms with Gasteiger partial charge in [-0.2, -0.15) is 0 Å². The topological polar surface area (TPSA) is 154 Å². The van der Waals surface area contributed by atoms with E-state index in [9.17, 15) is 28.5 Å². The zero-order chi connectivity index (χ0) is 16.7. The van der Waals surface area contributed by atoms with Crippen LogP contribution in [0.2, 0.25) is 0 Å². The number of nitrogens with zero attached hydrogens (tertiary/aromatic N) is 1. The van der Waals surface area contributed by atoms with Crippen molar-refractivity contribution >= 4 is 7.82 Å². The number of nitrogens with one attached hydrogen (secondary N) is 1. The van der Waals surface area contributed by atoms with Gasteiger partial charge in [0.2, 0.25) is 0 Å². The van der Waals surface area contributed by atoms with Gasteiger partial charge in [-0.1, -0.05) is 0 Å². The molecule has 0 radical (unpaired) electrons. The summed E-state index contributed by atoms with van der Waals surface area (Å²) in [6.07, 6.45) is -3.93. The van der Waals surface area contributed by atoms with Crippen molar-refractivity contribution in [3.8, 4) is 0 Å². The van der Waals surface area contributed by atoms with Crippen LogP contribution in [-0.2, 0) is 13.8 Å². The lowest BCUT2D eigenvalue weighted by molar-refractivity contribution is -0.222. The molecule has 124 valence electrons. The van der Waals surface area contributed by atoms with Gasteiger partial charge in [0.15, 0.2) is 11.9 Å². The van der Waals surface area contributed by atoms with Crippen molar-refractivity contribution < 1.29 is 33.1 Å². The molecule has 1 aliphatic heterocycles. The third kappa shape index (κ3) is 3.35. The smallest absolute Gasteiger partial charge is 0.330 e. The Balaban J connectivity index is 2.28. The second-order valence-electron chi connectivity index (χ2n) is 4.90. The second kappa shape index (κ2) is 5.69. The van der Waals surface area contributed by atoms with Crippen LogP contribution in [0.4, 0.5) is 4.39 Å². The fourth-order valence-electron chi connectivity index (χ4n) is 2.13. The first kappa shape index (κ1) is 17.0. The van der Waals surface area contributed by atoms with Gasteiger partial charge in [0.05, 0.1) is 6.61 Å². The number of alkyl halides is 1. The normalized spacial score (nSPS) is 34.5. The number of aliphatic hydroxyl groups excluding tert-OH is 1. The van der Waals surface area contributed by atoms with Crippen LogP contribution in [0.25, 0.3) is 0 Å². The molecule has 0 aliphatic carbocycles. The standard InChI is InChI=1S/C10H14FN2O8P/c1-10(11)7(15)5(4-20-22(17,18)19)21-8(10)13-3-2-6(14)12-9(13)16/h2-3,5,7-8,15H,4H2,1H3,(H,12,14,16)(H2,17,18,19)/p-1/t5-,7-,8-,10-/m1/s1. The molecule has 1 aromatic heterocycles. The van der Waals surface area contributed by atoms with Crippen LogP contribution in [0.15, 0.2) is 21.9 Å². The fraction of sp³-hybridized carbons (Fsp3) is 0.600. The number of rotatable bonds is 4. The van der Waals surface area contributed by atoms with Crippen molar-refractivity contribution in [1.82, 2.24) is 9.55 Å². The number of ether oxygens (including phenoxy) is 1. The number of hydrogen-bond acceptors (Lipinski definition) is 7. The van der Waals surface area contributed by atoms with Crippen LogP contribution < -0.4 is 16.1 Å². The summed E-state index contributed by atoms with van der Waals surface area (Å²) in [5.41, 5.74) is -4.14. The van der Waals surface area contributed by atoms with E-state index in [-0.39, 0.29) is 0 Å². The Morgan fingerprint density at radius 3 is 2.82 bits per heavy atom. The Hall–Kier alpha value is -1.36. The van der Waals surface area contributed by atoms with E-state index >= 15 is 0 Å². The highest BCUT2D eigenvalue weighted by Crippen LogP contribution is 2.42. The van der Waals surface area contributed by atoms with Gasteiger partial charge in [0.1, 0.15) is 12.2 Å². The van der Waals surface area contributed by atoms with Gasteiger partial charge < -0.3 is 24.2 Å². The minimum atomic E-state index is -5.07. The minimum Gasteiger partial charge on any atom is -0.756 e. The zero-order valence-electron chi connectivity index (χ0n) is 11.2. The zero-order valence-corrected chi connectivity index (χ0v) is 12.1. The van der Waals surface area contributed by atoms with Gasteiger partial charge >= 0.3 is 5.69 Å². The molecule has 0 spiro atoms. The SMILES string of the molecule is C[C@@]1(F)[C@H](O)[C@@H](COP(=O)([O-])O)O[C@H]1n1ccc(=O)[nH]c1=O. The van der Waals surface area contributed by atoms with E-state index in [0.29, 0.717) is 4.57 Å². The summed E-state index contributed by atoms with van der Waals surface area (Å²) in [6, 6.07) is 0.955. The molecule has 1 saturated heterocycles. The lowest BCUT2D eigenvalue weighted by atomic mass is 9.98. The first-order chi connectivity index (χ1) is 10.0. The Kier molecular flexibility index (Phi) is 4.39. The van der Waals surface area contributed by atoms with Crippen LogP contribution >= 0.6 is 7.82 Å². The van der Waals surface area contributed by atoms with Crippen LogP contribution in [0.1, 0.15) is 13.2 Å². The highest BCUT2D eigenvalue weighted by molar-refractivity contribution is 7.44. The molecule has 0 saturated carbocycles. The van der Waals surface area contributed by atoms with E-state index in [4.69, 9.17) is 9.63 Å². The third-order valence-electron chi connectivity index (χ3n) is 3.22. The fourth-order valence-corrected chi connectivity index (χ4v) is 2.47. The molecule has 1 aliphatic rings. The maximum Gasteiger partial charge on any atom is 0.330 e. The predicted molar refractivity (Wildman–Crippen MR) is 66.5 cm³/mol. The number of aromatic nitrogens is 2. The van der Waals surface area contributed by atoms with Crippen molar-refractivity contribution in [1.29, 1.82) is 0 Å². The number of aliphatic hydroxyl groups is 1. The quantitative estimate of drug-likeness (QED) is 0.532. The lowest BCUT2D eigenvalue weighted by Crippen LogP contribution is -2.43. The summed E-state index contributed by atoms with van der Waals surface area (Å²) in [7, 11) is -5.07. The molecule has 1 aromatic rings. The van der Waals surface area contributed by atoms with Crippen molar-refractivity contribution in [3.05, 3.63) is 33.1 Å². The number of phosphoric ester groups is 1. The van der Waals surface area contributed by atoms with Crippen molar-refractivity contribution in [3.63, 3.8) is 0 Å². The summed E-state index contributed by atoms with van der Waals surface area (Å²) in [4.78, 5) is 43.6. The van der Waals surface area contributed by atoms with E-state index in [1.807, 2.05) is 4.98 Å². The summed E-state index contributed by atoms with van der Waals surface area (Å²) < 4.78 is 35.0. The molecule has 2 heterocycles. The highest BCUT2D eigenvalue weighted by atomic mass is 31.2. The van der Waals surface area contributed by atoms with Crippen LogP contribution in [-0.4, -0.2) is 44.0 Å². The van der Waals surface area contributed by atoms with E-state index in [1.54, 1.807) is 0 Å². The molecule has 1 fully saturated rings. The molecule has 3 N–H and O–H groups in total. The maximum atomic E-state index is 14.6. The van der Waals surface area contributed by atoms with E-state index in [1.165, 1.54) is 0 Å². The average molecular weight is 339 g/mol. The van der Waals surface area contributed by atoms with Gasteiger partial charge in [0, 0.05) is 12.3 Å². The van der Waals surface area contributed by atoms with Gasteiger partial charge in [0.25, 0.3) is 13.4 Å². The Bertz CT molecular complexity index is 709. The summed E-state index contributed by atoms with van der Waals surface area (Å²) >= 11 is 0. The Morgan fingerprint density at radius 1 is 1.64 bits per heavy atom. The molecule has 0 amide bonds. The van der Waals surface area contributed by atoms with Gasteiger partial charge in [-0.15, -0.1) is 0 Å². The molecule has 0 bridgehead atoms. The molecule has 2 rings (SSSR count). The van der Waals surface area contributed by atoms with Crippen molar-refractivity contribution in [2.24, 2.45) is 0 Å². The average Bonchev–Trinajstić information content (AvgIpc) is 2.59.